The Morgan fingerprint density at radius 3 is 2.14 bits per heavy atom. The number of hydrogen-bond acceptors (Lipinski definition) is 5. The summed E-state index contributed by atoms with van der Waals surface area (Å²) in [7, 11) is -2.17. The second kappa shape index (κ2) is 14.7. The monoisotopic (exact) mass is 657 g/mol. The third-order valence-electron chi connectivity index (χ3n) is 6.54. The Balaban J connectivity index is 1.91. The van der Waals surface area contributed by atoms with Gasteiger partial charge in [0.15, 0.2) is 0 Å². The summed E-state index contributed by atoms with van der Waals surface area (Å²) in [6.45, 7) is 6.02. The van der Waals surface area contributed by atoms with Gasteiger partial charge in [0, 0.05) is 35.9 Å². The number of methoxy groups -OCH3 is 1. The van der Waals surface area contributed by atoms with Crippen molar-refractivity contribution in [2.45, 2.75) is 58.2 Å². The Morgan fingerprint density at radius 2 is 1.55 bits per heavy atom. The zero-order valence-electron chi connectivity index (χ0n) is 24.8. The normalized spacial score (nSPS) is 12.3. The highest BCUT2D eigenvalue weighted by atomic mass is 79.9. The van der Waals surface area contributed by atoms with E-state index in [0.717, 1.165) is 21.9 Å². The lowest BCUT2D eigenvalue weighted by molar-refractivity contribution is -0.142. The molecule has 0 heterocycles. The summed E-state index contributed by atoms with van der Waals surface area (Å²) in [6.07, 6.45) is 1.76. The lowest BCUT2D eigenvalue weighted by Crippen LogP contribution is -2.54. The zero-order valence-corrected chi connectivity index (χ0v) is 27.2. The number of anilines is 1. The van der Waals surface area contributed by atoms with E-state index in [9.17, 15) is 18.0 Å². The highest BCUT2D eigenvalue weighted by Gasteiger charge is 2.32. The molecule has 2 amide bonds. The first-order valence-electron chi connectivity index (χ1n) is 13.8. The van der Waals surface area contributed by atoms with Crippen molar-refractivity contribution >= 4 is 43.5 Å². The molecule has 1 unspecified atom stereocenters. The summed E-state index contributed by atoms with van der Waals surface area (Å²) < 4.78 is 33.0. The number of carbonyl (C=O) groups is 2. The quantitative estimate of drug-likeness (QED) is 0.260. The molecule has 3 aromatic carbocycles. The van der Waals surface area contributed by atoms with Crippen LogP contribution in [-0.4, -0.2) is 56.6 Å². The molecule has 0 aliphatic carbocycles. The fraction of sp³-hybridized carbons (Fsp3) is 0.375. The predicted octanol–water partition coefficient (Wildman–Crippen LogP) is 5.56. The first-order valence-corrected chi connectivity index (χ1v) is 16.4. The molecule has 3 aromatic rings. The van der Waals surface area contributed by atoms with E-state index in [4.69, 9.17) is 4.74 Å². The summed E-state index contributed by atoms with van der Waals surface area (Å²) in [5.41, 5.74) is 1.72. The molecule has 3 rings (SSSR count). The lowest BCUT2D eigenvalue weighted by atomic mass is 10.00. The lowest BCUT2D eigenvalue weighted by Gasteiger charge is -2.34. The van der Waals surface area contributed by atoms with Crippen LogP contribution in [-0.2, 0) is 32.6 Å². The Hall–Kier alpha value is -3.37. The van der Waals surface area contributed by atoms with Gasteiger partial charge in [-0.15, -0.1) is 0 Å². The van der Waals surface area contributed by atoms with Gasteiger partial charge in [-0.05, 0) is 62.6 Å². The van der Waals surface area contributed by atoms with Gasteiger partial charge in [0.05, 0.1) is 19.1 Å². The van der Waals surface area contributed by atoms with Crippen LogP contribution in [0.2, 0.25) is 0 Å². The largest absolute Gasteiger partial charge is 0.495 e. The van der Waals surface area contributed by atoms with Crippen molar-refractivity contribution in [1.29, 1.82) is 0 Å². The molecule has 42 heavy (non-hydrogen) atoms. The topological polar surface area (TPSA) is 96.0 Å². The first-order chi connectivity index (χ1) is 19.8. The van der Waals surface area contributed by atoms with Gasteiger partial charge in [0.25, 0.3) is 0 Å². The number of ether oxygens (including phenoxy) is 1. The van der Waals surface area contributed by atoms with E-state index < -0.39 is 21.6 Å². The number of para-hydroxylation sites is 2. The van der Waals surface area contributed by atoms with Gasteiger partial charge in [-0.25, -0.2) is 8.42 Å². The number of nitrogens with one attached hydrogen (secondary N) is 1. The van der Waals surface area contributed by atoms with Crippen molar-refractivity contribution in [3.05, 3.63) is 94.5 Å². The summed E-state index contributed by atoms with van der Waals surface area (Å²) in [5, 5.41) is 3.06. The SMILES string of the molecule is COc1ccccc1N(CCCC(=O)N(Cc1ccc(Br)cc1)C(Cc1ccccc1)C(=O)NC(C)(C)C)S(C)(=O)=O. The minimum atomic E-state index is -3.65. The number of hydrogen-bond donors (Lipinski definition) is 1. The molecule has 0 saturated carbocycles. The van der Waals surface area contributed by atoms with Crippen molar-refractivity contribution in [3.8, 4) is 5.75 Å². The fourth-order valence-electron chi connectivity index (χ4n) is 4.61. The van der Waals surface area contributed by atoms with Crippen molar-refractivity contribution in [1.82, 2.24) is 10.2 Å². The van der Waals surface area contributed by atoms with E-state index in [1.54, 1.807) is 29.2 Å². The minimum Gasteiger partial charge on any atom is -0.495 e. The molecule has 226 valence electrons. The molecule has 0 radical (unpaired) electrons. The molecule has 0 spiro atoms. The summed E-state index contributed by atoms with van der Waals surface area (Å²) in [6, 6.07) is 23.3. The van der Waals surface area contributed by atoms with Gasteiger partial charge < -0.3 is 15.0 Å². The molecule has 0 aliphatic rings. The number of halogens is 1. The van der Waals surface area contributed by atoms with Crippen LogP contribution < -0.4 is 14.4 Å². The molecule has 10 heteroatoms. The third kappa shape index (κ3) is 9.87. The number of benzene rings is 3. The summed E-state index contributed by atoms with van der Waals surface area (Å²) in [4.78, 5) is 29.3. The predicted molar refractivity (Wildman–Crippen MR) is 171 cm³/mol. The number of amides is 2. The molecule has 0 aromatic heterocycles. The molecule has 0 bridgehead atoms. The highest BCUT2D eigenvalue weighted by molar-refractivity contribution is 9.10. The fourth-order valence-corrected chi connectivity index (χ4v) is 5.84. The van der Waals surface area contributed by atoms with Crippen LogP contribution in [0.4, 0.5) is 5.69 Å². The molecule has 1 atom stereocenters. The maximum atomic E-state index is 14.0. The molecule has 0 saturated heterocycles. The van der Waals surface area contributed by atoms with Crippen molar-refractivity contribution in [2.24, 2.45) is 0 Å². The van der Waals surface area contributed by atoms with Gasteiger partial charge in [-0.1, -0.05) is 70.5 Å². The highest BCUT2D eigenvalue weighted by Crippen LogP contribution is 2.30. The zero-order chi connectivity index (χ0) is 30.9. The number of nitrogens with zero attached hydrogens (tertiary/aromatic N) is 2. The second-order valence-corrected chi connectivity index (χ2v) is 14.0. The number of rotatable bonds is 13. The van der Waals surface area contributed by atoms with Crippen LogP contribution in [0.5, 0.6) is 5.75 Å². The standard InChI is InChI=1S/C32H40BrN3O5S/c1-32(2,3)34-31(38)28(22-24-12-7-6-8-13-24)35(23-25-17-19-26(33)20-18-25)30(37)16-11-21-36(42(5,39)40)27-14-9-10-15-29(27)41-4/h6-10,12-15,17-20,28H,11,16,21-23H2,1-5H3,(H,34,38). The van der Waals surface area contributed by atoms with Crippen LogP contribution in [0.15, 0.2) is 83.3 Å². The molecule has 0 fully saturated rings. The average molecular weight is 659 g/mol. The van der Waals surface area contributed by atoms with E-state index in [0.29, 0.717) is 17.9 Å². The van der Waals surface area contributed by atoms with Crippen LogP contribution in [0, 0.1) is 0 Å². The maximum absolute atomic E-state index is 14.0. The van der Waals surface area contributed by atoms with E-state index in [2.05, 4.69) is 21.2 Å². The van der Waals surface area contributed by atoms with Crippen molar-refractivity contribution in [2.75, 3.05) is 24.2 Å². The van der Waals surface area contributed by atoms with Crippen molar-refractivity contribution in [3.63, 3.8) is 0 Å². The molecule has 8 nitrogen and oxygen atoms in total. The van der Waals surface area contributed by atoms with Gasteiger partial charge in [-0.3, -0.25) is 13.9 Å². The summed E-state index contributed by atoms with van der Waals surface area (Å²) >= 11 is 3.46. The molecular weight excluding hydrogens is 618 g/mol. The van der Waals surface area contributed by atoms with Gasteiger partial charge in [0.1, 0.15) is 11.8 Å². The minimum absolute atomic E-state index is 0.0474. The average Bonchev–Trinajstić information content (AvgIpc) is 2.93. The first kappa shape index (κ1) is 33.1. The van der Waals surface area contributed by atoms with Gasteiger partial charge in [0.2, 0.25) is 21.8 Å². The van der Waals surface area contributed by atoms with Crippen LogP contribution in [0.1, 0.15) is 44.7 Å². The molecule has 1 N–H and O–H groups in total. The molecule has 0 aliphatic heterocycles. The maximum Gasteiger partial charge on any atom is 0.243 e. The van der Waals surface area contributed by atoms with E-state index in [1.807, 2.05) is 75.4 Å². The second-order valence-electron chi connectivity index (χ2n) is 11.2. The van der Waals surface area contributed by atoms with E-state index in [-0.39, 0.29) is 37.7 Å². The van der Waals surface area contributed by atoms with Crippen molar-refractivity contribution < 1.29 is 22.7 Å². The van der Waals surface area contributed by atoms with Gasteiger partial charge in [-0.2, -0.15) is 0 Å². The Morgan fingerprint density at radius 1 is 0.929 bits per heavy atom. The number of sulfonamides is 1. The molecular formula is C32H40BrN3O5S. The third-order valence-corrected chi connectivity index (χ3v) is 8.25. The van der Waals surface area contributed by atoms with Crippen LogP contribution >= 0.6 is 15.9 Å². The van der Waals surface area contributed by atoms with E-state index in [1.165, 1.54) is 11.4 Å². The Labute approximate surface area is 258 Å². The van der Waals surface area contributed by atoms with Crippen LogP contribution in [0.3, 0.4) is 0 Å². The van der Waals surface area contributed by atoms with Gasteiger partial charge >= 0.3 is 0 Å². The Bertz CT molecular complexity index is 1440. The van der Waals surface area contributed by atoms with Crippen LogP contribution in [0.25, 0.3) is 0 Å². The smallest absolute Gasteiger partial charge is 0.243 e. The number of carbonyl (C=O) groups excluding carboxylic acids is 2. The Kier molecular flexibility index (Phi) is 11.6. The van der Waals surface area contributed by atoms with E-state index >= 15 is 0 Å². The summed E-state index contributed by atoms with van der Waals surface area (Å²) in [5.74, 6) is -0.0621.